The van der Waals surface area contributed by atoms with Gasteiger partial charge >= 0.3 is 0 Å². The Morgan fingerprint density at radius 1 is 1.15 bits per heavy atom. The number of hydrogen-bond acceptors (Lipinski definition) is 3. The Labute approximate surface area is 118 Å². The van der Waals surface area contributed by atoms with Gasteiger partial charge in [-0.1, -0.05) is 12.1 Å². The van der Waals surface area contributed by atoms with Crippen LogP contribution >= 0.6 is 0 Å². The van der Waals surface area contributed by atoms with Crippen molar-refractivity contribution in [1.82, 2.24) is 14.9 Å². The number of para-hydroxylation sites is 2. The molecule has 0 saturated carbocycles. The lowest BCUT2D eigenvalue weighted by Crippen LogP contribution is -2.16. The highest BCUT2D eigenvalue weighted by molar-refractivity contribution is 5.75. The number of nitrogens with zero attached hydrogens (tertiary/aromatic N) is 2. The van der Waals surface area contributed by atoms with Gasteiger partial charge in [-0.2, -0.15) is 0 Å². The summed E-state index contributed by atoms with van der Waals surface area (Å²) in [5, 5.41) is 3.39. The molecule has 0 bridgehead atoms. The molecule has 104 valence electrons. The number of benzene rings is 1. The minimum absolute atomic E-state index is 0.723. The molecule has 0 radical (unpaired) electrons. The van der Waals surface area contributed by atoms with Gasteiger partial charge in [0.1, 0.15) is 17.3 Å². The fourth-order valence-electron chi connectivity index (χ4n) is 2.49. The van der Waals surface area contributed by atoms with Crippen molar-refractivity contribution in [3.8, 4) is 0 Å². The molecule has 3 rings (SSSR count). The Balaban J connectivity index is 1.73. The molecule has 4 heteroatoms. The first-order chi connectivity index (χ1) is 9.78. The molecular formula is C16H19N3O. The number of aromatic nitrogens is 2. The molecule has 2 aromatic heterocycles. The summed E-state index contributed by atoms with van der Waals surface area (Å²) in [4.78, 5) is 4.69. The first-order valence-corrected chi connectivity index (χ1v) is 6.98. The second-order valence-electron chi connectivity index (χ2n) is 4.88. The van der Waals surface area contributed by atoms with E-state index in [2.05, 4.69) is 40.0 Å². The van der Waals surface area contributed by atoms with Crippen LogP contribution in [0.2, 0.25) is 0 Å². The van der Waals surface area contributed by atoms with Gasteiger partial charge in [-0.3, -0.25) is 0 Å². The summed E-state index contributed by atoms with van der Waals surface area (Å²) in [7, 11) is 0. The zero-order chi connectivity index (χ0) is 13.9. The molecule has 0 spiro atoms. The minimum atomic E-state index is 0.723. The SMILES string of the molecule is CCn1c(CNCc2ccc(C)o2)nc2ccccc21. The lowest BCUT2D eigenvalue weighted by Gasteiger charge is -2.06. The van der Waals surface area contributed by atoms with Crippen LogP contribution in [0.1, 0.15) is 24.3 Å². The summed E-state index contributed by atoms with van der Waals surface area (Å²) in [5.41, 5.74) is 2.25. The molecule has 0 aliphatic rings. The van der Waals surface area contributed by atoms with Crippen LogP contribution in [0.4, 0.5) is 0 Å². The Morgan fingerprint density at radius 3 is 2.75 bits per heavy atom. The summed E-state index contributed by atoms with van der Waals surface area (Å²) < 4.78 is 7.79. The van der Waals surface area contributed by atoms with E-state index < -0.39 is 0 Å². The van der Waals surface area contributed by atoms with E-state index in [1.54, 1.807) is 0 Å². The third-order valence-corrected chi connectivity index (χ3v) is 3.43. The summed E-state index contributed by atoms with van der Waals surface area (Å²) >= 11 is 0. The molecule has 1 N–H and O–H groups in total. The molecule has 0 saturated heterocycles. The van der Waals surface area contributed by atoms with E-state index in [1.807, 2.05) is 25.1 Å². The van der Waals surface area contributed by atoms with Crippen LogP contribution < -0.4 is 5.32 Å². The molecule has 20 heavy (non-hydrogen) atoms. The van der Waals surface area contributed by atoms with Crippen molar-refractivity contribution in [2.45, 2.75) is 33.5 Å². The fourth-order valence-corrected chi connectivity index (χ4v) is 2.49. The molecule has 0 aliphatic carbocycles. The Hall–Kier alpha value is -2.07. The summed E-state index contributed by atoms with van der Waals surface area (Å²) in [6, 6.07) is 12.2. The van der Waals surface area contributed by atoms with Crippen LogP contribution in [0, 0.1) is 6.92 Å². The highest BCUT2D eigenvalue weighted by atomic mass is 16.3. The maximum atomic E-state index is 5.55. The van der Waals surface area contributed by atoms with Crippen LogP contribution in [0.5, 0.6) is 0 Å². The topological polar surface area (TPSA) is 43.0 Å². The molecule has 0 aliphatic heterocycles. The maximum Gasteiger partial charge on any atom is 0.123 e. The molecule has 0 fully saturated rings. The van der Waals surface area contributed by atoms with Crippen molar-refractivity contribution in [2.24, 2.45) is 0 Å². The highest BCUT2D eigenvalue weighted by Gasteiger charge is 2.08. The van der Waals surface area contributed by atoms with Gasteiger partial charge in [0, 0.05) is 6.54 Å². The van der Waals surface area contributed by atoms with Crippen LogP contribution in [-0.4, -0.2) is 9.55 Å². The van der Waals surface area contributed by atoms with E-state index in [9.17, 15) is 0 Å². The third-order valence-electron chi connectivity index (χ3n) is 3.43. The van der Waals surface area contributed by atoms with Gasteiger partial charge in [-0.25, -0.2) is 4.98 Å². The van der Waals surface area contributed by atoms with Crippen molar-refractivity contribution in [3.63, 3.8) is 0 Å². The predicted octanol–water partition coefficient (Wildman–Crippen LogP) is 3.25. The van der Waals surface area contributed by atoms with E-state index >= 15 is 0 Å². The average molecular weight is 269 g/mol. The number of imidazole rings is 1. The number of nitrogens with one attached hydrogen (secondary N) is 1. The van der Waals surface area contributed by atoms with Crippen molar-refractivity contribution >= 4 is 11.0 Å². The first-order valence-electron chi connectivity index (χ1n) is 6.98. The van der Waals surface area contributed by atoms with Crippen molar-refractivity contribution in [2.75, 3.05) is 0 Å². The van der Waals surface area contributed by atoms with Crippen molar-refractivity contribution < 1.29 is 4.42 Å². The van der Waals surface area contributed by atoms with Gasteiger partial charge in [-0.05, 0) is 38.1 Å². The molecular weight excluding hydrogens is 250 g/mol. The van der Waals surface area contributed by atoms with Crippen LogP contribution in [-0.2, 0) is 19.6 Å². The number of rotatable bonds is 5. The number of aryl methyl sites for hydroxylation is 2. The zero-order valence-corrected chi connectivity index (χ0v) is 11.9. The molecule has 0 amide bonds. The van der Waals surface area contributed by atoms with Gasteiger partial charge in [-0.15, -0.1) is 0 Å². The molecule has 4 nitrogen and oxygen atoms in total. The Kier molecular flexibility index (Phi) is 3.56. The summed E-state index contributed by atoms with van der Waals surface area (Å²) in [5.74, 6) is 2.97. The van der Waals surface area contributed by atoms with E-state index in [-0.39, 0.29) is 0 Å². The molecule has 1 aromatic carbocycles. The quantitative estimate of drug-likeness (QED) is 0.773. The minimum Gasteiger partial charge on any atom is -0.465 e. The summed E-state index contributed by atoms with van der Waals surface area (Å²) in [6.07, 6.45) is 0. The Bertz CT molecular complexity index is 711. The van der Waals surface area contributed by atoms with Crippen molar-refractivity contribution in [3.05, 3.63) is 53.7 Å². The maximum absolute atomic E-state index is 5.55. The normalized spacial score (nSPS) is 11.3. The van der Waals surface area contributed by atoms with Crippen LogP contribution in [0.15, 0.2) is 40.8 Å². The third kappa shape index (κ3) is 2.47. The van der Waals surface area contributed by atoms with Gasteiger partial charge in [0.2, 0.25) is 0 Å². The number of fused-ring (bicyclic) bond motifs is 1. The molecule has 0 unspecified atom stereocenters. The van der Waals surface area contributed by atoms with Gasteiger partial charge in [0.15, 0.2) is 0 Å². The molecule has 3 aromatic rings. The van der Waals surface area contributed by atoms with E-state index in [1.165, 1.54) is 5.52 Å². The Morgan fingerprint density at radius 2 is 2.00 bits per heavy atom. The second-order valence-corrected chi connectivity index (χ2v) is 4.88. The molecule has 2 heterocycles. The molecule has 0 atom stereocenters. The van der Waals surface area contributed by atoms with Crippen LogP contribution in [0.3, 0.4) is 0 Å². The van der Waals surface area contributed by atoms with Gasteiger partial charge < -0.3 is 14.3 Å². The number of hydrogen-bond donors (Lipinski definition) is 1. The van der Waals surface area contributed by atoms with E-state index in [0.29, 0.717) is 0 Å². The summed E-state index contributed by atoms with van der Waals surface area (Å²) in [6.45, 7) is 6.49. The van der Waals surface area contributed by atoms with Gasteiger partial charge in [0.05, 0.1) is 24.1 Å². The average Bonchev–Trinajstić information content (AvgIpc) is 3.02. The largest absolute Gasteiger partial charge is 0.465 e. The van der Waals surface area contributed by atoms with E-state index in [4.69, 9.17) is 4.42 Å². The first kappa shape index (κ1) is 12.9. The lowest BCUT2D eigenvalue weighted by molar-refractivity contribution is 0.458. The van der Waals surface area contributed by atoms with E-state index in [0.717, 1.165) is 42.5 Å². The fraction of sp³-hybridized carbons (Fsp3) is 0.312. The monoisotopic (exact) mass is 269 g/mol. The lowest BCUT2D eigenvalue weighted by atomic mass is 10.3. The predicted molar refractivity (Wildman–Crippen MR) is 79.4 cm³/mol. The van der Waals surface area contributed by atoms with Crippen molar-refractivity contribution in [1.29, 1.82) is 0 Å². The van der Waals surface area contributed by atoms with Crippen LogP contribution in [0.25, 0.3) is 11.0 Å². The standard InChI is InChI=1S/C16H19N3O/c1-3-19-15-7-5-4-6-14(15)18-16(19)11-17-10-13-9-8-12(2)20-13/h4-9,17H,3,10-11H2,1-2H3. The second kappa shape index (κ2) is 5.51. The highest BCUT2D eigenvalue weighted by Crippen LogP contribution is 2.16. The smallest absolute Gasteiger partial charge is 0.123 e. The zero-order valence-electron chi connectivity index (χ0n) is 11.9. The number of furan rings is 1. The van der Waals surface area contributed by atoms with Gasteiger partial charge in [0.25, 0.3) is 0 Å².